The Morgan fingerprint density at radius 2 is 2.06 bits per heavy atom. The Kier molecular flexibility index (Phi) is 5.93. The van der Waals surface area contributed by atoms with Crippen LogP contribution < -0.4 is 5.32 Å². The quantitative estimate of drug-likeness (QED) is 0.633. The smallest absolute Gasteiger partial charge is 0.276 e. The topological polar surface area (TPSA) is 87.5 Å². The summed E-state index contributed by atoms with van der Waals surface area (Å²) in [6, 6.07) is 11.8. The molecule has 0 unspecified atom stereocenters. The number of carbonyl (C=O) groups is 2. The standard InChI is InChI=1S/C22H22ClFN4O3/c1-27-19-5-3-2-4-16(19)21(26-27)22(31)25-18-7-6-13(8-17(18)23)9-20(30)28-11-14(24)10-15(28)12-29/h2-8,14-15,29H,9-12H2,1H3,(H,25,31)/t14-,15-/m0/s1. The van der Waals surface area contributed by atoms with Crippen molar-refractivity contribution >= 4 is 40.0 Å². The molecule has 0 spiro atoms. The highest BCUT2D eigenvalue weighted by Crippen LogP contribution is 2.27. The molecule has 31 heavy (non-hydrogen) atoms. The summed E-state index contributed by atoms with van der Waals surface area (Å²) in [4.78, 5) is 26.7. The summed E-state index contributed by atoms with van der Waals surface area (Å²) in [5, 5.41) is 17.4. The number of alkyl halides is 1. The van der Waals surface area contributed by atoms with Crippen LogP contribution in [0.2, 0.25) is 5.02 Å². The van der Waals surface area contributed by atoms with Crippen molar-refractivity contribution < 1.29 is 19.1 Å². The number of para-hydroxylation sites is 1. The van der Waals surface area contributed by atoms with Crippen molar-refractivity contribution in [2.45, 2.75) is 25.1 Å². The van der Waals surface area contributed by atoms with Crippen LogP contribution in [0, 0.1) is 0 Å². The van der Waals surface area contributed by atoms with Crippen molar-refractivity contribution in [2.24, 2.45) is 7.05 Å². The van der Waals surface area contributed by atoms with Gasteiger partial charge in [-0.15, -0.1) is 0 Å². The third-order valence-electron chi connectivity index (χ3n) is 5.50. The number of nitrogens with zero attached hydrogens (tertiary/aromatic N) is 3. The van der Waals surface area contributed by atoms with Crippen molar-refractivity contribution in [3.8, 4) is 0 Å². The fraction of sp³-hybridized carbons (Fsp3) is 0.318. The van der Waals surface area contributed by atoms with Crippen molar-refractivity contribution in [3.05, 3.63) is 58.7 Å². The Hall–Kier alpha value is -2.97. The Morgan fingerprint density at radius 3 is 2.81 bits per heavy atom. The third kappa shape index (κ3) is 4.26. The second kappa shape index (κ2) is 8.64. The van der Waals surface area contributed by atoms with Gasteiger partial charge in [0, 0.05) is 18.9 Å². The number of halogens is 2. The van der Waals surface area contributed by atoms with Crippen molar-refractivity contribution in [3.63, 3.8) is 0 Å². The van der Waals surface area contributed by atoms with Gasteiger partial charge < -0.3 is 15.3 Å². The van der Waals surface area contributed by atoms with Gasteiger partial charge in [0.1, 0.15) is 6.17 Å². The lowest BCUT2D eigenvalue weighted by molar-refractivity contribution is -0.132. The van der Waals surface area contributed by atoms with Crippen LogP contribution in [0.4, 0.5) is 10.1 Å². The molecular weight excluding hydrogens is 423 g/mol. The molecule has 7 nitrogen and oxygen atoms in total. The van der Waals surface area contributed by atoms with Crippen molar-refractivity contribution in [1.29, 1.82) is 0 Å². The maximum atomic E-state index is 13.6. The Morgan fingerprint density at radius 1 is 1.29 bits per heavy atom. The Bertz CT molecular complexity index is 1150. The molecule has 2 aromatic carbocycles. The number of aromatic nitrogens is 2. The summed E-state index contributed by atoms with van der Waals surface area (Å²) in [7, 11) is 1.77. The first-order valence-corrected chi connectivity index (χ1v) is 10.3. The normalized spacial score (nSPS) is 18.5. The molecule has 1 fully saturated rings. The van der Waals surface area contributed by atoms with Crippen LogP contribution in [0.15, 0.2) is 42.5 Å². The molecule has 9 heteroatoms. The van der Waals surface area contributed by atoms with Crippen LogP contribution in [0.25, 0.3) is 10.9 Å². The van der Waals surface area contributed by atoms with E-state index in [1.165, 1.54) is 4.90 Å². The highest BCUT2D eigenvalue weighted by Gasteiger charge is 2.34. The average molecular weight is 445 g/mol. The lowest BCUT2D eigenvalue weighted by atomic mass is 10.1. The molecule has 162 valence electrons. The average Bonchev–Trinajstić information content (AvgIpc) is 3.30. The van der Waals surface area contributed by atoms with Gasteiger partial charge in [-0.25, -0.2) is 4.39 Å². The van der Waals surface area contributed by atoms with Crippen LogP contribution in [0.3, 0.4) is 0 Å². The first-order chi connectivity index (χ1) is 14.9. The van der Waals surface area contributed by atoms with Gasteiger partial charge >= 0.3 is 0 Å². The van der Waals surface area contributed by atoms with Gasteiger partial charge in [0.25, 0.3) is 5.91 Å². The van der Waals surface area contributed by atoms with Crippen LogP contribution in [0.5, 0.6) is 0 Å². The second-order valence-corrected chi connectivity index (χ2v) is 8.06. The summed E-state index contributed by atoms with van der Waals surface area (Å²) < 4.78 is 15.3. The lowest BCUT2D eigenvalue weighted by Crippen LogP contribution is -2.38. The molecule has 0 radical (unpaired) electrons. The van der Waals surface area contributed by atoms with E-state index >= 15 is 0 Å². The number of nitrogens with one attached hydrogen (secondary N) is 1. The number of hydrogen-bond donors (Lipinski definition) is 2. The molecule has 2 atom stereocenters. The predicted octanol–water partition coefficient (Wildman–Crippen LogP) is 2.95. The van der Waals surface area contributed by atoms with Crippen LogP contribution in [-0.2, 0) is 18.3 Å². The van der Waals surface area contributed by atoms with E-state index < -0.39 is 12.2 Å². The van der Waals surface area contributed by atoms with E-state index in [9.17, 15) is 19.1 Å². The monoisotopic (exact) mass is 444 g/mol. The van der Waals surface area contributed by atoms with E-state index in [0.29, 0.717) is 16.9 Å². The molecule has 1 saturated heterocycles. The summed E-state index contributed by atoms with van der Waals surface area (Å²) >= 11 is 6.34. The predicted molar refractivity (Wildman–Crippen MR) is 116 cm³/mol. The zero-order valence-electron chi connectivity index (χ0n) is 16.9. The highest BCUT2D eigenvalue weighted by atomic mass is 35.5. The minimum absolute atomic E-state index is 0.00996. The van der Waals surface area contributed by atoms with E-state index in [1.807, 2.05) is 24.3 Å². The molecular formula is C22H22ClFN4O3. The first-order valence-electron chi connectivity index (χ1n) is 9.93. The highest BCUT2D eigenvalue weighted by molar-refractivity contribution is 6.34. The number of amides is 2. The van der Waals surface area contributed by atoms with E-state index in [1.54, 1.807) is 29.9 Å². The van der Waals surface area contributed by atoms with Crippen LogP contribution in [-0.4, -0.2) is 57.0 Å². The summed E-state index contributed by atoms with van der Waals surface area (Å²) in [5.41, 5.74) is 2.16. The molecule has 1 aliphatic rings. The van der Waals surface area contributed by atoms with Crippen molar-refractivity contribution in [2.75, 3.05) is 18.5 Å². The lowest BCUT2D eigenvalue weighted by Gasteiger charge is -2.22. The zero-order chi connectivity index (χ0) is 22.1. The number of anilines is 1. The maximum absolute atomic E-state index is 13.6. The SMILES string of the molecule is Cn1nc(C(=O)Nc2ccc(CC(=O)N3C[C@@H](F)C[C@H]3CO)cc2Cl)c2ccccc21. The molecule has 3 aromatic rings. The maximum Gasteiger partial charge on any atom is 0.276 e. The van der Waals surface area contributed by atoms with Crippen LogP contribution >= 0.6 is 11.6 Å². The number of fused-ring (bicyclic) bond motifs is 1. The molecule has 4 rings (SSSR count). The minimum Gasteiger partial charge on any atom is -0.394 e. The number of aliphatic hydroxyl groups is 1. The van der Waals surface area contributed by atoms with Crippen molar-refractivity contribution in [1.82, 2.24) is 14.7 Å². The molecule has 1 aromatic heterocycles. The summed E-state index contributed by atoms with van der Waals surface area (Å²) in [5.74, 6) is -0.661. The molecule has 2 N–H and O–H groups in total. The largest absolute Gasteiger partial charge is 0.394 e. The van der Waals surface area contributed by atoms with Gasteiger partial charge in [0.15, 0.2) is 5.69 Å². The number of likely N-dealkylation sites (tertiary alicyclic amines) is 1. The number of rotatable bonds is 5. The number of carbonyl (C=O) groups excluding carboxylic acids is 2. The zero-order valence-corrected chi connectivity index (χ0v) is 17.6. The van der Waals surface area contributed by atoms with Gasteiger partial charge in [0.05, 0.1) is 41.8 Å². The second-order valence-electron chi connectivity index (χ2n) is 7.65. The van der Waals surface area contributed by atoms with E-state index in [2.05, 4.69) is 10.4 Å². The summed E-state index contributed by atoms with van der Waals surface area (Å²) in [6.45, 7) is -0.274. The molecule has 2 heterocycles. The molecule has 1 aliphatic heterocycles. The number of aliphatic hydroxyl groups excluding tert-OH is 1. The number of aryl methyl sites for hydroxylation is 1. The molecule has 0 bridgehead atoms. The number of hydrogen-bond acceptors (Lipinski definition) is 4. The van der Waals surface area contributed by atoms with E-state index in [4.69, 9.17) is 11.6 Å². The fourth-order valence-corrected chi connectivity index (χ4v) is 4.20. The van der Waals surface area contributed by atoms with Gasteiger partial charge in [0.2, 0.25) is 5.91 Å². The van der Waals surface area contributed by atoms with Crippen LogP contribution in [0.1, 0.15) is 22.5 Å². The molecule has 2 amide bonds. The molecule has 0 aliphatic carbocycles. The molecule has 0 saturated carbocycles. The Balaban J connectivity index is 1.47. The minimum atomic E-state index is -1.12. The third-order valence-corrected chi connectivity index (χ3v) is 5.82. The number of benzene rings is 2. The summed E-state index contributed by atoms with van der Waals surface area (Å²) in [6.07, 6.45) is -0.942. The van der Waals surface area contributed by atoms with E-state index in [-0.39, 0.29) is 42.8 Å². The van der Waals surface area contributed by atoms with E-state index in [0.717, 1.165) is 10.9 Å². The fourth-order valence-electron chi connectivity index (χ4n) is 3.95. The van der Waals surface area contributed by atoms with Gasteiger partial charge in [-0.1, -0.05) is 35.9 Å². The first kappa shape index (κ1) is 21.3. The van der Waals surface area contributed by atoms with Gasteiger partial charge in [-0.3, -0.25) is 14.3 Å². The van der Waals surface area contributed by atoms with Gasteiger partial charge in [-0.2, -0.15) is 5.10 Å². The Labute approximate surface area is 183 Å². The van der Waals surface area contributed by atoms with Gasteiger partial charge in [-0.05, 0) is 23.8 Å².